The van der Waals surface area contributed by atoms with Gasteiger partial charge >= 0.3 is 0 Å². The summed E-state index contributed by atoms with van der Waals surface area (Å²) in [6.45, 7) is 3.03. The predicted octanol–water partition coefficient (Wildman–Crippen LogP) is 2.08. The van der Waals surface area contributed by atoms with Gasteiger partial charge in [-0.15, -0.1) is 0 Å². The van der Waals surface area contributed by atoms with Crippen molar-refractivity contribution in [1.29, 1.82) is 0 Å². The zero-order chi connectivity index (χ0) is 13.2. The maximum Gasteiger partial charge on any atom is 0.149 e. The molecule has 0 radical (unpaired) electrons. The van der Waals surface area contributed by atoms with Crippen molar-refractivity contribution in [3.63, 3.8) is 0 Å². The van der Waals surface area contributed by atoms with Crippen LogP contribution in [0.5, 0.6) is 5.75 Å². The highest BCUT2D eigenvalue weighted by molar-refractivity contribution is 7.90. The van der Waals surface area contributed by atoms with Crippen LogP contribution in [0.15, 0.2) is 30.5 Å². The van der Waals surface area contributed by atoms with Crippen LogP contribution in [-0.2, 0) is 16.4 Å². The van der Waals surface area contributed by atoms with E-state index >= 15 is 0 Å². The van der Waals surface area contributed by atoms with Crippen LogP contribution in [0.3, 0.4) is 0 Å². The number of ether oxygens (including phenoxy) is 1. The first-order valence-electron chi connectivity index (χ1n) is 5.89. The van der Waals surface area contributed by atoms with Crippen molar-refractivity contribution < 1.29 is 13.2 Å². The Hall–Kier alpha value is -1.49. The SMILES string of the molecule is CCOc1cccc2c1ccn2CCS(C)(=O)=O. The summed E-state index contributed by atoms with van der Waals surface area (Å²) in [5, 5.41) is 1.02. The van der Waals surface area contributed by atoms with E-state index in [1.54, 1.807) is 0 Å². The number of aromatic nitrogens is 1. The standard InChI is InChI=1S/C13H17NO3S/c1-3-17-13-6-4-5-12-11(13)7-8-14(12)9-10-18(2,15)16/h4-8H,3,9-10H2,1-2H3. The van der Waals surface area contributed by atoms with Crippen LogP contribution in [-0.4, -0.2) is 31.6 Å². The molecule has 2 rings (SSSR count). The molecule has 1 aromatic carbocycles. The molecule has 0 saturated heterocycles. The molecule has 1 aromatic heterocycles. The number of fused-ring (bicyclic) bond motifs is 1. The van der Waals surface area contributed by atoms with Crippen molar-refractivity contribution in [3.05, 3.63) is 30.5 Å². The molecule has 0 atom stereocenters. The zero-order valence-corrected chi connectivity index (χ0v) is 11.4. The Kier molecular flexibility index (Phi) is 3.61. The highest BCUT2D eigenvalue weighted by atomic mass is 32.2. The molecule has 0 N–H and O–H groups in total. The molecule has 5 heteroatoms. The summed E-state index contributed by atoms with van der Waals surface area (Å²) in [5.41, 5.74) is 1.00. The van der Waals surface area contributed by atoms with Crippen molar-refractivity contribution in [1.82, 2.24) is 4.57 Å². The van der Waals surface area contributed by atoms with Gasteiger partial charge in [-0.1, -0.05) is 6.07 Å². The van der Waals surface area contributed by atoms with E-state index in [2.05, 4.69) is 0 Å². The van der Waals surface area contributed by atoms with Crippen LogP contribution < -0.4 is 4.74 Å². The molecule has 98 valence electrons. The van der Waals surface area contributed by atoms with Gasteiger partial charge in [0.05, 0.1) is 17.9 Å². The minimum Gasteiger partial charge on any atom is -0.493 e. The Labute approximate surface area is 107 Å². The first-order valence-corrected chi connectivity index (χ1v) is 7.95. The number of rotatable bonds is 5. The van der Waals surface area contributed by atoms with Crippen LogP contribution >= 0.6 is 0 Å². The molecule has 0 aliphatic heterocycles. The minimum absolute atomic E-state index is 0.148. The third kappa shape index (κ3) is 2.85. The van der Waals surface area contributed by atoms with Gasteiger partial charge in [0.1, 0.15) is 15.6 Å². The largest absolute Gasteiger partial charge is 0.493 e. The Balaban J connectivity index is 2.33. The number of nitrogens with zero attached hydrogens (tertiary/aromatic N) is 1. The van der Waals surface area contributed by atoms with E-state index in [-0.39, 0.29) is 5.75 Å². The predicted molar refractivity (Wildman–Crippen MR) is 72.8 cm³/mol. The molecule has 0 amide bonds. The van der Waals surface area contributed by atoms with Crippen molar-refractivity contribution in [2.75, 3.05) is 18.6 Å². The Morgan fingerprint density at radius 3 is 2.72 bits per heavy atom. The molecule has 2 aromatic rings. The molecular formula is C13H17NO3S. The smallest absolute Gasteiger partial charge is 0.149 e. The molecule has 0 saturated carbocycles. The average Bonchev–Trinajstić information content (AvgIpc) is 2.70. The fourth-order valence-corrected chi connectivity index (χ4v) is 2.46. The van der Waals surface area contributed by atoms with Crippen LogP contribution in [0.2, 0.25) is 0 Å². The lowest BCUT2D eigenvalue weighted by molar-refractivity contribution is 0.344. The maximum absolute atomic E-state index is 11.2. The fourth-order valence-electron chi connectivity index (χ4n) is 1.94. The maximum atomic E-state index is 11.2. The minimum atomic E-state index is -2.94. The summed E-state index contributed by atoms with van der Waals surface area (Å²) < 4.78 is 29.9. The average molecular weight is 267 g/mol. The van der Waals surface area contributed by atoms with Gasteiger partial charge in [0, 0.05) is 24.4 Å². The van der Waals surface area contributed by atoms with Crippen LogP contribution in [0.1, 0.15) is 6.92 Å². The van der Waals surface area contributed by atoms with Gasteiger partial charge in [0.25, 0.3) is 0 Å². The van der Waals surface area contributed by atoms with Crippen LogP contribution in [0.4, 0.5) is 0 Å². The molecule has 18 heavy (non-hydrogen) atoms. The van der Waals surface area contributed by atoms with E-state index in [0.29, 0.717) is 13.2 Å². The molecule has 0 bridgehead atoms. The quantitative estimate of drug-likeness (QED) is 0.833. The van der Waals surface area contributed by atoms with Gasteiger partial charge in [0.2, 0.25) is 0 Å². The number of hydrogen-bond donors (Lipinski definition) is 0. The second kappa shape index (κ2) is 5.02. The van der Waals surface area contributed by atoms with E-state index in [0.717, 1.165) is 16.7 Å². The Bertz CT molecular complexity index is 643. The summed E-state index contributed by atoms with van der Waals surface area (Å²) in [4.78, 5) is 0. The van der Waals surface area contributed by atoms with Crippen molar-refractivity contribution >= 4 is 20.7 Å². The molecule has 4 nitrogen and oxygen atoms in total. The lowest BCUT2D eigenvalue weighted by Gasteiger charge is -2.07. The zero-order valence-electron chi connectivity index (χ0n) is 10.6. The summed E-state index contributed by atoms with van der Waals surface area (Å²) >= 11 is 0. The van der Waals surface area contributed by atoms with Gasteiger partial charge < -0.3 is 9.30 Å². The molecular weight excluding hydrogens is 250 g/mol. The van der Waals surface area contributed by atoms with Gasteiger partial charge in [-0.05, 0) is 25.1 Å². The van der Waals surface area contributed by atoms with Crippen molar-refractivity contribution in [3.8, 4) is 5.75 Å². The Morgan fingerprint density at radius 2 is 2.06 bits per heavy atom. The number of benzene rings is 1. The third-order valence-corrected chi connectivity index (χ3v) is 3.70. The van der Waals surface area contributed by atoms with E-state index in [1.165, 1.54) is 6.26 Å². The van der Waals surface area contributed by atoms with E-state index in [9.17, 15) is 8.42 Å². The summed E-state index contributed by atoms with van der Waals surface area (Å²) in [6.07, 6.45) is 3.16. The van der Waals surface area contributed by atoms with Crippen LogP contribution in [0, 0.1) is 0 Å². The third-order valence-electron chi connectivity index (χ3n) is 2.78. The Morgan fingerprint density at radius 1 is 1.28 bits per heavy atom. The molecule has 0 spiro atoms. The lowest BCUT2D eigenvalue weighted by atomic mass is 10.2. The second-order valence-electron chi connectivity index (χ2n) is 4.26. The summed E-state index contributed by atoms with van der Waals surface area (Å²) in [5.74, 6) is 0.989. The second-order valence-corrected chi connectivity index (χ2v) is 6.52. The summed E-state index contributed by atoms with van der Waals surface area (Å²) in [7, 11) is -2.94. The normalized spacial score (nSPS) is 11.9. The number of sulfone groups is 1. The van der Waals surface area contributed by atoms with E-state index < -0.39 is 9.84 Å². The fraction of sp³-hybridized carbons (Fsp3) is 0.385. The lowest BCUT2D eigenvalue weighted by Crippen LogP contribution is -2.10. The van der Waals surface area contributed by atoms with Crippen molar-refractivity contribution in [2.24, 2.45) is 0 Å². The highest BCUT2D eigenvalue weighted by Gasteiger charge is 2.08. The molecule has 0 fully saturated rings. The molecule has 1 heterocycles. The molecule has 0 aliphatic rings. The van der Waals surface area contributed by atoms with Gasteiger partial charge in [-0.3, -0.25) is 0 Å². The highest BCUT2D eigenvalue weighted by Crippen LogP contribution is 2.26. The number of hydrogen-bond acceptors (Lipinski definition) is 3. The number of aryl methyl sites for hydroxylation is 1. The van der Waals surface area contributed by atoms with Gasteiger partial charge in [0.15, 0.2) is 0 Å². The first kappa shape index (κ1) is 13.0. The van der Waals surface area contributed by atoms with Gasteiger partial charge in [-0.25, -0.2) is 8.42 Å². The van der Waals surface area contributed by atoms with Crippen molar-refractivity contribution in [2.45, 2.75) is 13.5 Å². The molecule has 0 aliphatic carbocycles. The van der Waals surface area contributed by atoms with E-state index in [4.69, 9.17) is 4.74 Å². The topological polar surface area (TPSA) is 48.3 Å². The summed E-state index contributed by atoms with van der Waals surface area (Å²) in [6, 6.07) is 7.78. The van der Waals surface area contributed by atoms with E-state index in [1.807, 2.05) is 42.0 Å². The molecule has 0 unspecified atom stereocenters. The van der Waals surface area contributed by atoms with Gasteiger partial charge in [-0.2, -0.15) is 0 Å². The van der Waals surface area contributed by atoms with Crippen LogP contribution in [0.25, 0.3) is 10.9 Å². The first-order chi connectivity index (χ1) is 8.51. The monoisotopic (exact) mass is 267 g/mol.